The van der Waals surface area contributed by atoms with Gasteiger partial charge in [-0.1, -0.05) is 6.92 Å². The predicted octanol–water partition coefficient (Wildman–Crippen LogP) is 1.71. The number of hydrogen-bond donors (Lipinski definition) is 0. The van der Waals surface area contributed by atoms with Crippen molar-refractivity contribution in [2.75, 3.05) is 39.3 Å². The van der Waals surface area contributed by atoms with E-state index in [1.807, 2.05) is 4.90 Å². The van der Waals surface area contributed by atoms with Crippen LogP contribution in [-0.4, -0.2) is 78.0 Å². The largest absolute Gasteiger partial charge is 0.450 e. The Morgan fingerprint density at radius 2 is 1.76 bits per heavy atom. The third-order valence-corrected chi connectivity index (χ3v) is 5.15. The number of piperidine rings is 2. The Morgan fingerprint density at radius 1 is 1.08 bits per heavy atom. The molecule has 0 saturated carbocycles. The van der Waals surface area contributed by atoms with E-state index >= 15 is 0 Å². The molecule has 2 fully saturated rings. The van der Waals surface area contributed by atoms with Gasteiger partial charge in [0, 0.05) is 39.1 Å². The molecule has 2 aliphatic rings. The molecular weight excluding hydrogens is 322 g/mol. The van der Waals surface area contributed by atoms with Crippen LogP contribution in [-0.2, 0) is 14.3 Å². The van der Waals surface area contributed by atoms with E-state index in [1.165, 1.54) is 6.92 Å². The number of nitrogens with zero attached hydrogens (tertiary/aromatic N) is 3. The molecule has 0 aromatic heterocycles. The van der Waals surface area contributed by atoms with Crippen LogP contribution in [0.2, 0.25) is 0 Å². The summed E-state index contributed by atoms with van der Waals surface area (Å²) in [4.78, 5) is 41.7. The normalized spacial score (nSPS) is 21.8. The lowest BCUT2D eigenvalue weighted by Gasteiger charge is -2.39. The molecule has 2 rings (SSSR count). The lowest BCUT2D eigenvalue weighted by atomic mass is 10.00. The van der Waals surface area contributed by atoms with E-state index in [0.717, 1.165) is 25.9 Å². The maximum Gasteiger partial charge on any atom is 0.409 e. The first-order chi connectivity index (χ1) is 11.9. The van der Waals surface area contributed by atoms with Gasteiger partial charge in [-0.2, -0.15) is 0 Å². The molecular formula is C18H31N3O4. The summed E-state index contributed by atoms with van der Waals surface area (Å²) in [6, 6.07) is 0.00865. The lowest BCUT2D eigenvalue weighted by Crippen LogP contribution is -2.52. The van der Waals surface area contributed by atoms with Gasteiger partial charge in [0.1, 0.15) is 0 Å². The molecule has 7 nitrogen and oxygen atoms in total. The Balaban J connectivity index is 1.89. The Bertz CT molecular complexity index is 489. The molecule has 0 aromatic carbocycles. The molecule has 0 bridgehead atoms. The van der Waals surface area contributed by atoms with Crippen LogP contribution in [0.1, 0.15) is 46.5 Å². The summed E-state index contributed by atoms with van der Waals surface area (Å²) in [6.07, 6.45) is 3.26. The molecule has 1 atom stereocenters. The van der Waals surface area contributed by atoms with Gasteiger partial charge in [-0.3, -0.25) is 9.59 Å². The summed E-state index contributed by atoms with van der Waals surface area (Å²) in [5, 5.41) is 0. The minimum Gasteiger partial charge on any atom is -0.450 e. The number of carbonyl (C=O) groups excluding carboxylic acids is 3. The summed E-state index contributed by atoms with van der Waals surface area (Å²) < 4.78 is 5.02. The quantitative estimate of drug-likeness (QED) is 0.771. The van der Waals surface area contributed by atoms with Crippen molar-refractivity contribution >= 4 is 17.9 Å². The van der Waals surface area contributed by atoms with E-state index in [0.29, 0.717) is 38.5 Å². The number of likely N-dealkylation sites (tertiary alicyclic amines) is 2. The standard InChI is InChI=1S/C18H31N3O4/c1-4-25-18(24)19-10-7-16(8-11-19)21(15(3)22)13-17(23)20-9-5-6-14(2)12-20/h14,16H,4-13H2,1-3H3. The first kappa shape index (κ1) is 19.5. The fourth-order valence-electron chi connectivity index (χ4n) is 3.73. The Labute approximate surface area is 150 Å². The number of rotatable bonds is 4. The van der Waals surface area contributed by atoms with Crippen LogP contribution in [0, 0.1) is 5.92 Å². The van der Waals surface area contributed by atoms with Gasteiger partial charge in [-0.15, -0.1) is 0 Å². The highest BCUT2D eigenvalue weighted by molar-refractivity contribution is 5.84. The van der Waals surface area contributed by atoms with Crippen LogP contribution < -0.4 is 0 Å². The first-order valence-electron chi connectivity index (χ1n) is 9.39. The topological polar surface area (TPSA) is 70.2 Å². The van der Waals surface area contributed by atoms with Gasteiger partial charge in [0.25, 0.3) is 0 Å². The third-order valence-electron chi connectivity index (χ3n) is 5.15. The molecule has 0 radical (unpaired) electrons. The van der Waals surface area contributed by atoms with Gasteiger partial charge in [-0.05, 0) is 38.5 Å². The van der Waals surface area contributed by atoms with Crippen LogP contribution in [0.25, 0.3) is 0 Å². The highest BCUT2D eigenvalue weighted by atomic mass is 16.6. The van der Waals surface area contributed by atoms with Gasteiger partial charge in [0.15, 0.2) is 0 Å². The van der Waals surface area contributed by atoms with Crippen molar-refractivity contribution in [3.05, 3.63) is 0 Å². The third kappa shape index (κ3) is 5.34. The molecule has 0 aliphatic carbocycles. The van der Waals surface area contributed by atoms with Crippen LogP contribution in [0.3, 0.4) is 0 Å². The van der Waals surface area contributed by atoms with Crippen LogP contribution in [0.15, 0.2) is 0 Å². The molecule has 0 spiro atoms. The van der Waals surface area contributed by atoms with E-state index in [4.69, 9.17) is 4.74 Å². The van der Waals surface area contributed by atoms with Gasteiger partial charge < -0.3 is 19.4 Å². The van der Waals surface area contributed by atoms with Gasteiger partial charge >= 0.3 is 6.09 Å². The summed E-state index contributed by atoms with van der Waals surface area (Å²) in [5.74, 6) is 0.485. The average Bonchev–Trinajstić information content (AvgIpc) is 2.59. The molecule has 2 saturated heterocycles. The van der Waals surface area contributed by atoms with Crippen molar-refractivity contribution in [1.29, 1.82) is 0 Å². The molecule has 3 amide bonds. The number of carbonyl (C=O) groups is 3. The fraction of sp³-hybridized carbons (Fsp3) is 0.833. The van der Waals surface area contributed by atoms with Gasteiger partial charge in [0.2, 0.25) is 11.8 Å². The molecule has 0 N–H and O–H groups in total. The summed E-state index contributed by atoms with van der Waals surface area (Å²) in [5.41, 5.74) is 0. The van der Waals surface area contributed by atoms with E-state index < -0.39 is 0 Å². The zero-order chi connectivity index (χ0) is 18.4. The SMILES string of the molecule is CCOC(=O)N1CCC(N(CC(=O)N2CCCC(C)C2)C(C)=O)CC1. The maximum atomic E-state index is 12.6. The second-order valence-electron chi connectivity index (χ2n) is 7.15. The van der Waals surface area contributed by atoms with E-state index in [9.17, 15) is 14.4 Å². The minimum absolute atomic E-state index is 0.00865. The van der Waals surface area contributed by atoms with Crippen molar-refractivity contribution in [2.45, 2.75) is 52.5 Å². The monoisotopic (exact) mass is 353 g/mol. The molecule has 142 valence electrons. The van der Waals surface area contributed by atoms with E-state index in [-0.39, 0.29) is 30.5 Å². The zero-order valence-corrected chi connectivity index (χ0v) is 15.7. The lowest BCUT2D eigenvalue weighted by molar-refractivity contribution is -0.143. The van der Waals surface area contributed by atoms with Crippen molar-refractivity contribution in [3.8, 4) is 0 Å². The van der Waals surface area contributed by atoms with Crippen molar-refractivity contribution < 1.29 is 19.1 Å². The van der Waals surface area contributed by atoms with Crippen molar-refractivity contribution in [1.82, 2.24) is 14.7 Å². The molecule has 7 heteroatoms. The Hall–Kier alpha value is -1.79. The number of hydrogen-bond acceptors (Lipinski definition) is 4. The van der Waals surface area contributed by atoms with Gasteiger partial charge in [-0.25, -0.2) is 4.79 Å². The van der Waals surface area contributed by atoms with Crippen LogP contribution >= 0.6 is 0 Å². The predicted molar refractivity (Wildman–Crippen MR) is 94.0 cm³/mol. The summed E-state index contributed by atoms with van der Waals surface area (Å²) in [7, 11) is 0. The van der Waals surface area contributed by atoms with Crippen LogP contribution in [0.4, 0.5) is 4.79 Å². The minimum atomic E-state index is -0.297. The summed E-state index contributed by atoms with van der Waals surface area (Å²) >= 11 is 0. The summed E-state index contributed by atoms with van der Waals surface area (Å²) in [6.45, 7) is 8.66. The Kier molecular flexibility index (Phi) is 7.08. The Morgan fingerprint density at radius 3 is 2.32 bits per heavy atom. The maximum absolute atomic E-state index is 12.6. The zero-order valence-electron chi connectivity index (χ0n) is 15.7. The number of amides is 3. The number of ether oxygens (including phenoxy) is 1. The van der Waals surface area contributed by atoms with E-state index in [2.05, 4.69) is 6.92 Å². The fourth-order valence-corrected chi connectivity index (χ4v) is 3.73. The highest BCUT2D eigenvalue weighted by Gasteiger charge is 2.31. The molecule has 0 aromatic rings. The highest BCUT2D eigenvalue weighted by Crippen LogP contribution is 2.20. The van der Waals surface area contributed by atoms with E-state index in [1.54, 1.807) is 16.7 Å². The van der Waals surface area contributed by atoms with Crippen molar-refractivity contribution in [2.24, 2.45) is 5.92 Å². The molecule has 2 heterocycles. The van der Waals surface area contributed by atoms with Gasteiger partial charge in [0.05, 0.1) is 13.2 Å². The second-order valence-corrected chi connectivity index (χ2v) is 7.15. The van der Waals surface area contributed by atoms with Crippen molar-refractivity contribution in [3.63, 3.8) is 0 Å². The van der Waals surface area contributed by atoms with Crippen LogP contribution in [0.5, 0.6) is 0 Å². The first-order valence-corrected chi connectivity index (χ1v) is 9.39. The molecule has 1 unspecified atom stereocenters. The smallest absolute Gasteiger partial charge is 0.409 e. The second kappa shape index (κ2) is 9.06. The molecule has 25 heavy (non-hydrogen) atoms. The average molecular weight is 353 g/mol. The molecule has 2 aliphatic heterocycles.